The molecule has 0 heterocycles. The van der Waals surface area contributed by atoms with Gasteiger partial charge in [0.05, 0.1) is 0 Å². The first-order chi connectivity index (χ1) is 10.5. The molecule has 0 aliphatic heterocycles. The van der Waals surface area contributed by atoms with Crippen LogP contribution in [0.5, 0.6) is 5.75 Å². The largest absolute Gasteiger partial charge is 0.481 e. The van der Waals surface area contributed by atoms with Crippen LogP contribution in [0.1, 0.15) is 57.6 Å². The Hall–Kier alpha value is -1.51. The number of carbonyl (C=O) groups excluding carboxylic acids is 1. The number of carbonyl (C=O) groups is 1. The molecule has 22 heavy (non-hydrogen) atoms. The van der Waals surface area contributed by atoms with Crippen molar-refractivity contribution < 1.29 is 9.53 Å². The summed E-state index contributed by atoms with van der Waals surface area (Å²) in [6, 6.07) is 5.92. The van der Waals surface area contributed by atoms with Crippen molar-refractivity contribution in [1.82, 2.24) is 5.32 Å². The number of rotatable bonds is 9. The molecule has 0 fully saturated rings. The van der Waals surface area contributed by atoms with E-state index in [1.165, 1.54) is 30.4 Å². The molecule has 3 nitrogen and oxygen atoms in total. The van der Waals surface area contributed by atoms with Gasteiger partial charge in [-0.25, -0.2) is 0 Å². The number of hydrogen-bond donors (Lipinski definition) is 1. The van der Waals surface area contributed by atoms with E-state index in [4.69, 9.17) is 4.74 Å². The monoisotopic (exact) mass is 305 g/mol. The van der Waals surface area contributed by atoms with Crippen LogP contribution < -0.4 is 10.1 Å². The first-order valence-corrected chi connectivity index (χ1v) is 8.49. The van der Waals surface area contributed by atoms with Gasteiger partial charge < -0.3 is 10.1 Å². The minimum atomic E-state index is -0.467. The highest BCUT2D eigenvalue weighted by molar-refractivity contribution is 5.80. The van der Waals surface area contributed by atoms with Crippen molar-refractivity contribution in [3.63, 3.8) is 0 Å². The summed E-state index contributed by atoms with van der Waals surface area (Å²) in [5.74, 6) is 1.29. The molecule has 0 aliphatic carbocycles. The molecule has 0 spiro atoms. The third-order valence-corrected chi connectivity index (χ3v) is 4.27. The van der Waals surface area contributed by atoms with E-state index in [0.717, 1.165) is 18.7 Å². The standard InChI is InChI=1S/C19H31NO2/c1-6-8-9-17(7-2)13-20-19(21)16(5)22-18-11-10-14(3)15(4)12-18/h10-12,16-17H,6-9,13H2,1-5H3,(H,20,21)/t16-,17-/m0/s1. The van der Waals surface area contributed by atoms with Crippen LogP contribution in [0.4, 0.5) is 0 Å². The summed E-state index contributed by atoms with van der Waals surface area (Å²) < 4.78 is 5.75. The molecule has 1 aromatic rings. The van der Waals surface area contributed by atoms with Crippen molar-refractivity contribution in [2.24, 2.45) is 5.92 Å². The van der Waals surface area contributed by atoms with Crippen molar-refractivity contribution in [2.45, 2.75) is 66.4 Å². The summed E-state index contributed by atoms with van der Waals surface area (Å²) in [4.78, 5) is 12.2. The lowest BCUT2D eigenvalue weighted by atomic mass is 9.99. The molecule has 0 aromatic heterocycles. The first kappa shape index (κ1) is 18.5. The summed E-state index contributed by atoms with van der Waals surface area (Å²) in [5, 5.41) is 3.02. The van der Waals surface area contributed by atoms with E-state index >= 15 is 0 Å². The van der Waals surface area contributed by atoms with Crippen LogP contribution in [0.2, 0.25) is 0 Å². The molecule has 0 radical (unpaired) electrons. The molecule has 1 aromatic carbocycles. The van der Waals surface area contributed by atoms with Gasteiger partial charge in [0.1, 0.15) is 5.75 Å². The Kier molecular flexibility index (Phi) is 8.00. The fourth-order valence-corrected chi connectivity index (χ4v) is 2.38. The Balaban J connectivity index is 2.45. The molecule has 0 bridgehead atoms. The average molecular weight is 305 g/mol. The Bertz CT molecular complexity index is 471. The van der Waals surface area contributed by atoms with E-state index < -0.39 is 6.10 Å². The van der Waals surface area contributed by atoms with E-state index in [-0.39, 0.29) is 5.91 Å². The van der Waals surface area contributed by atoms with E-state index in [9.17, 15) is 4.79 Å². The first-order valence-electron chi connectivity index (χ1n) is 8.49. The van der Waals surface area contributed by atoms with E-state index in [1.54, 1.807) is 6.92 Å². The van der Waals surface area contributed by atoms with Gasteiger partial charge in [-0.05, 0) is 56.4 Å². The van der Waals surface area contributed by atoms with Gasteiger partial charge in [0.15, 0.2) is 6.10 Å². The molecule has 1 rings (SSSR count). The number of hydrogen-bond acceptors (Lipinski definition) is 2. The number of ether oxygens (including phenoxy) is 1. The molecule has 2 atom stereocenters. The van der Waals surface area contributed by atoms with Crippen LogP contribution in [-0.2, 0) is 4.79 Å². The lowest BCUT2D eigenvalue weighted by Crippen LogP contribution is -2.38. The Labute approximate surface area is 135 Å². The smallest absolute Gasteiger partial charge is 0.260 e. The topological polar surface area (TPSA) is 38.3 Å². The number of benzene rings is 1. The second-order valence-electron chi connectivity index (χ2n) is 6.17. The van der Waals surface area contributed by atoms with Crippen LogP contribution in [0.25, 0.3) is 0 Å². The molecule has 1 amide bonds. The van der Waals surface area contributed by atoms with E-state index in [0.29, 0.717) is 5.92 Å². The van der Waals surface area contributed by atoms with E-state index in [1.807, 2.05) is 25.1 Å². The molecule has 0 saturated heterocycles. The fourth-order valence-electron chi connectivity index (χ4n) is 2.38. The highest BCUT2D eigenvalue weighted by Gasteiger charge is 2.16. The van der Waals surface area contributed by atoms with Gasteiger partial charge in [-0.2, -0.15) is 0 Å². The number of nitrogens with one attached hydrogen (secondary N) is 1. The Morgan fingerprint density at radius 2 is 1.95 bits per heavy atom. The zero-order chi connectivity index (χ0) is 16.5. The van der Waals surface area contributed by atoms with E-state index in [2.05, 4.69) is 26.1 Å². The maximum Gasteiger partial charge on any atom is 0.260 e. The summed E-state index contributed by atoms with van der Waals surface area (Å²) in [6.07, 6.45) is 4.25. The van der Waals surface area contributed by atoms with Gasteiger partial charge in [0.25, 0.3) is 5.91 Å². The molecule has 0 saturated carbocycles. The predicted molar refractivity (Wildman–Crippen MR) is 92.3 cm³/mol. The Morgan fingerprint density at radius 3 is 2.55 bits per heavy atom. The van der Waals surface area contributed by atoms with Crippen molar-refractivity contribution in [2.75, 3.05) is 6.54 Å². The number of amides is 1. The minimum absolute atomic E-state index is 0.0341. The lowest BCUT2D eigenvalue weighted by molar-refractivity contribution is -0.127. The molecular weight excluding hydrogens is 274 g/mol. The van der Waals surface area contributed by atoms with Crippen LogP contribution in [-0.4, -0.2) is 18.6 Å². The van der Waals surface area contributed by atoms with Crippen LogP contribution in [0, 0.1) is 19.8 Å². The number of aryl methyl sites for hydroxylation is 2. The SMILES string of the molecule is CCCC[C@H](CC)CNC(=O)[C@H](C)Oc1ccc(C)c(C)c1. The predicted octanol–water partition coefficient (Wildman–Crippen LogP) is 4.40. The van der Waals surface area contributed by atoms with Crippen LogP contribution in [0.15, 0.2) is 18.2 Å². The van der Waals surface area contributed by atoms with Crippen molar-refractivity contribution >= 4 is 5.91 Å². The molecule has 0 unspecified atom stereocenters. The number of unbranched alkanes of at least 4 members (excludes halogenated alkanes) is 1. The third-order valence-electron chi connectivity index (χ3n) is 4.27. The van der Waals surface area contributed by atoms with Crippen molar-refractivity contribution in [3.8, 4) is 5.75 Å². The summed E-state index contributed by atoms with van der Waals surface area (Å²) in [7, 11) is 0. The van der Waals surface area contributed by atoms with Crippen LogP contribution in [0.3, 0.4) is 0 Å². The summed E-state index contributed by atoms with van der Waals surface area (Å²) in [6.45, 7) is 11.0. The maximum absolute atomic E-state index is 12.2. The highest BCUT2D eigenvalue weighted by atomic mass is 16.5. The molecule has 124 valence electrons. The van der Waals surface area contributed by atoms with Gasteiger partial charge in [0, 0.05) is 6.54 Å². The molecule has 0 aliphatic rings. The van der Waals surface area contributed by atoms with Gasteiger partial charge >= 0.3 is 0 Å². The molecular formula is C19H31NO2. The van der Waals surface area contributed by atoms with Gasteiger partial charge in [-0.15, -0.1) is 0 Å². The Morgan fingerprint density at radius 1 is 1.23 bits per heavy atom. The normalized spacial score (nSPS) is 13.5. The van der Waals surface area contributed by atoms with Gasteiger partial charge in [0.2, 0.25) is 0 Å². The highest BCUT2D eigenvalue weighted by Crippen LogP contribution is 2.18. The minimum Gasteiger partial charge on any atom is -0.481 e. The van der Waals surface area contributed by atoms with Crippen molar-refractivity contribution in [1.29, 1.82) is 0 Å². The van der Waals surface area contributed by atoms with Crippen molar-refractivity contribution in [3.05, 3.63) is 29.3 Å². The fraction of sp³-hybridized carbons (Fsp3) is 0.632. The summed E-state index contributed by atoms with van der Waals surface area (Å²) in [5.41, 5.74) is 2.40. The maximum atomic E-state index is 12.2. The van der Waals surface area contributed by atoms with Crippen LogP contribution >= 0.6 is 0 Å². The second kappa shape index (κ2) is 9.50. The summed E-state index contributed by atoms with van der Waals surface area (Å²) >= 11 is 0. The molecule has 1 N–H and O–H groups in total. The molecule has 3 heteroatoms. The average Bonchev–Trinajstić information content (AvgIpc) is 2.50. The second-order valence-corrected chi connectivity index (χ2v) is 6.17. The zero-order valence-electron chi connectivity index (χ0n) is 14.7. The van der Waals surface area contributed by atoms with Gasteiger partial charge in [-0.3, -0.25) is 4.79 Å². The quantitative estimate of drug-likeness (QED) is 0.734. The van der Waals surface area contributed by atoms with Gasteiger partial charge in [-0.1, -0.05) is 39.2 Å². The zero-order valence-corrected chi connectivity index (χ0v) is 14.7. The third kappa shape index (κ3) is 6.08. The lowest BCUT2D eigenvalue weighted by Gasteiger charge is -2.19.